The van der Waals surface area contributed by atoms with Crippen molar-refractivity contribution in [1.29, 1.82) is 0 Å². The van der Waals surface area contributed by atoms with Gasteiger partial charge in [-0.2, -0.15) is 0 Å². The molecule has 0 saturated carbocycles. The third kappa shape index (κ3) is 6.78. The van der Waals surface area contributed by atoms with Crippen molar-refractivity contribution in [3.63, 3.8) is 0 Å². The van der Waals surface area contributed by atoms with Gasteiger partial charge in [-0.25, -0.2) is 0 Å². The maximum absolute atomic E-state index is 11.7. The van der Waals surface area contributed by atoms with Gasteiger partial charge in [-0.05, 0) is 32.7 Å². The van der Waals surface area contributed by atoms with Crippen LogP contribution in [0.25, 0.3) is 0 Å². The van der Waals surface area contributed by atoms with E-state index in [1.807, 2.05) is 0 Å². The van der Waals surface area contributed by atoms with Gasteiger partial charge in [0, 0.05) is 39.0 Å². The Morgan fingerprint density at radius 2 is 2.00 bits per heavy atom. The first-order valence-corrected chi connectivity index (χ1v) is 6.73. The second-order valence-electron chi connectivity index (χ2n) is 5.20. The molecule has 1 heterocycles. The van der Waals surface area contributed by atoms with Gasteiger partial charge in [-0.3, -0.25) is 9.59 Å². The molecule has 1 aliphatic heterocycles. The Morgan fingerprint density at radius 1 is 1.32 bits per heavy atom. The number of hydrogen-bond acceptors (Lipinski definition) is 3. The van der Waals surface area contributed by atoms with Gasteiger partial charge in [0.2, 0.25) is 11.8 Å². The van der Waals surface area contributed by atoms with Crippen LogP contribution in [0.1, 0.15) is 39.0 Å². The quantitative estimate of drug-likeness (QED) is 0.792. The molecule has 112 valence electrons. The molecule has 0 aromatic rings. The summed E-state index contributed by atoms with van der Waals surface area (Å²) in [5, 5.41) is 6.40. The van der Waals surface area contributed by atoms with Gasteiger partial charge < -0.3 is 15.5 Å². The van der Waals surface area contributed by atoms with E-state index in [1.165, 1.54) is 0 Å². The molecule has 5 nitrogen and oxygen atoms in total. The van der Waals surface area contributed by atoms with E-state index < -0.39 is 0 Å². The predicted molar refractivity (Wildman–Crippen MR) is 78.4 cm³/mol. The molecular weight excluding hydrogens is 266 g/mol. The summed E-state index contributed by atoms with van der Waals surface area (Å²) in [4.78, 5) is 24.7. The summed E-state index contributed by atoms with van der Waals surface area (Å²) < 4.78 is 0. The van der Waals surface area contributed by atoms with E-state index in [4.69, 9.17) is 0 Å². The fourth-order valence-corrected chi connectivity index (χ4v) is 2.14. The van der Waals surface area contributed by atoms with E-state index in [9.17, 15) is 9.59 Å². The largest absolute Gasteiger partial charge is 0.352 e. The van der Waals surface area contributed by atoms with Crippen molar-refractivity contribution in [1.82, 2.24) is 15.5 Å². The lowest BCUT2D eigenvalue weighted by atomic mass is 9.99. The molecular formula is C13H26ClN3O2. The van der Waals surface area contributed by atoms with Crippen LogP contribution in [0.3, 0.4) is 0 Å². The first-order chi connectivity index (χ1) is 8.50. The average molecular weight is 292 g/mol. The van der Waals surface area contributed by atoms with Gasteiger partial charge in [-0.1, -0.05) is 0 Å². The van der Waals surface area contributed by atoms with Crippen LogP contribution in [0.2, 0.25) is 0 Å². The number of nitrogens with one attached hydrogen (secondary N) is 2. The van der Waals surface area contributed by atoms with Crippen molar-refractivity contribution in [2.75, 3.05) is 20.6 Å². The SMILES string of the molecule is CC1NCCCC1NC(=O)CCCC(=O)N(C)C.Cl. The van der Waals surface area contributed by atoms with Crippen molar-refractivity contribution >= 4 is 24.2 Å². The topological polar surface area (TPSA) is 61.4 Å². The molecule has 1 saturated heterocycles. The lowest BCUT2D eigenvalue weighted by Crippen LogP contribution is -2.51. The van der Waals surface area contributed by atoms with Gasteiger partial charge in [0.05, 0.1) is 0 Å². The Hall–Kier alpha value is -0.810. The van der Waals surface area contributed by atoms with Crippen molar-refractivity contribution in [2.24, 2.45) is 0 Å². The highest BCUT2D eigenvalue weighted by Gasteiger charge is 2.22. The molecule has 1 fully saturated rings. The van der Waals surface area contributed by atoms with Gasteiger partial charge in [0.25, 0.3) is 0 Å². The highest BCUT2D eigenvalue weighted by atomic mass is 35.5. The van der Waals surface area contributed by atoms with Gasteiger partial charge >= 0.3 is 0 Å². The summed E-state index contributed by atoms with van der Waals surface area (Å²) in [7, 11) is 3.47. The minimum atomic E-state index is 0. The van der Waals surface area contributed by atoms with Crippen molar-refractivity contribution in [3.05, 3.63) is 0 Å². The molecule has 0 aliphatic carbocycles. The van der Waals surface area contributed by atoms with E-state index >= 15 is 0 Å². The molecule has 0 bridgehead atoms. The fraction of sp³-hybridized carbons (Fsp3) is 0.846. The minimum absolute atomic E-state index is 0. The number of hydrogen-bond donors (Lipinski definition) is 2. The van der Waals surface area contributed by atoms with E-state index in [0.29, 0.717) is 25.3 Å². The predicted octanol–water partition coefficient (Wildman–Crippen LogP) is 0.923. The molecule has 2 N–H and O–H groups in total. The van der Waals surface area contributed by atoms with Crippen LogP contribution in [0.15, 0.2) is 0 Å². The van der Waals surface area contributed by atoms with Crippen LogP contribution in [-0.4, -0.2) is 49.4 Å². The van der Waals surface area contributed by atoms with Crippen LogP contribution in [0, 0.1) is 0 Å². The Kier molecular flexibility index (Phi) is 8.76. The average Bonchev–Trinajstić information content (AvgIpc) is 2.32. The van der Waals surface area contributed by atoms with Crippen molar-refractivity contribution in [3.8, 4) is 0 Å². The summed E-state index contributed by atoms with van der Waals surface area (Å²) in [6, 6.07) is 0.571. The molecule has 19 heavy (non-hydrogen) atoms. The molecule has 0 spiro atoms. The molecule has 1 rings (SSSR count). The zero-order valence-electron chi connectivity index (χ0n) is 12.1. The summed E-state index contributed by atoms with van der Waals surface area (Å²) >= 11 is 0. The number of carbonyl (C=O) groups excluding carboxylic acids is 2. The van der Waals surface area contributed by atoms with Crippen LogP contribution < -0.4 is 10.6 Å². The zero-order valence-corrected chi connectivity index (χ0v) is 12.9. The first-order valence-electron chi connectivity index (χ1n) is 6.73. The van der Waals surface area contributed by atoms with E-state index in [0.717, 1.165) is 19.4 Å². The first kappa shape index (κ1) is 18.2. The second kappa shape index (κ2) is 9.15. The molecule has 1 aliphatic rings. The van der Waals surface area contributed by atoms with Crippen LogP contribution in [-0.2, 0) is 9.59 Å². The fourth-order valence-electron chi connectivity index (χ4n) is 2.14. The lowest BCUT2D eigenvalue weighted by Gasteiger charge is -2.30. The lowest BCUT2D eigenvalue weighted by molar-refractivity contribution is -0.129. The maximum Gasteiger partial charge on any atom is 0.222 e. The summed E-state index contributed by atoms with van der Waals surface area (Å²) in [5.41, 5.74) is 0. The van der Waals surface area contributed by atoms with E-state index in [1.54, 1.807) is 19.0 Å². The standard InChI is InChI=1S/C13H25N3O2.ClH/c1-10-11(6-5-9-14-10)15-12(17)7-4-8-13(18)16(2)3;/h10-11,14H,4-9H2,1-3H3,(H,15,17);1H. The van der Waals surface area contributed by atoms with Gasteiger partial charge in [0.1, 0.15) is 0 Å². The molecule has 0 aromatic carbocycles. The zero-order chi connectivity index (χ0) is 13.5. The molecule has 0 radical (unpaired) electrons. The summed E-state index contributed by atoms with van der Waals surface area (Å²) in [6.45, 7) is 3.13. The number of piperidine rings is 1. The Bertz CT molecular complexity index is 298. The monoisotopic (exact) mass is 291 g/mol. The second-order valence-corrected chi connectivity index (χ2v) is 5.20. The molecule has 2 unspecified atom stereocenters. The maximum atomic E-state index is 11.7. The highest BCUT2D eigenvalue weighted by Crippen LogP contribution is 2.09. The van der Waals surface area contributed by atoms with E-state index in [2.05, 4.69) is 17.6 Å². The number of rotatable bonds is 5. The van der Waals surface area contributed by atoms with Crippen LogP contribution in [0.5, 0.6) is 0 Å². The number of carbonyl (C=O) groups is 2. The molecule has 0 aromatic heterocycles. The number of halogens is 1. The van der Waals surface area contributed by atoms with E-state index in [-0.39, 0.29) is 30.3 Å². The smallest absolute Gasteiger partial charge is 0.222 e. The molecule has 6 heteroatoms. The Morgan fingerprint density at radius 3 is 2.58 bits per heavy atom. The molecule has 2 amide bonds. The van der Waals surface area contributed by atoms with Crippen LogP contribution in [0.4, 0.5) is 0 Å². The number of nitrogens with zero attached hydrogens (tertiary/aromatic N) is 1. The minimum Gasteiger partial charge on any atom is -0.352 e. The molecule has 2 atom stereocenters. The van der Waals surface area contributed by atoms with Crippen LogP contribution >= 0.6 is 12.4 Å². The summed E-state index contributed by atoms with van der Waals surface area (Å²) in [5.74, 6) is 0.137. The highest BCUT2D eigenvalue weighted by molar-refractivity contribution is 5.85. The summed E-state index contributed by atoms with van der Waals surface area (Å²) in [6.07, 6.45) is 3.64. The van der Waals surface area contributed by atoms with Gasteiger partial charge in [-0.15, -0.1) is 12.4 Å². The third-order valence-corrected chi connectivity index (χ3v) is 3.40. The number of amides is 2. The van der Waals surface area contributed by atoms with Crippen molar-refractivity contribution < 1.29 is 9.59 Å². The van der Waals surface area contributed by atoms with Crippen molar-refractivity contribution in [2.45, 2.75) is 51.1 Å². The normalized spacial score (nSPS) is 22.3. The Balaban J connectivity index is 0.00000324. The Labute approximate surface area is 121 Å². The third-order valence-electron chi connectivity index (χ3n) is 3.40. The van der Waals surface area contributed by atoms with Gasteiger partial charge in [0.15, 0.2) is 0 Å².